The van der Waals surface area contributed by atoms with E-state index in [-0.39, 0.29) is 0 Å². The Kier molecular flexibility index (Phi) is 3.56. The summed E-state index contributed by atoms with van der Waals surface area (Å²) in [6.45, 7) is 6.85. The van der Waals surface area contributed by atoms with Crippen LogP contribution in [0.15, 0.2) is 35.9 Å². The lowest BCUT2D eigenvalue weighted by Gasteiger charge is -2.33. The number of rotatable bonds is 2. The summed E-state index contributed by atoms with van der Waals surface area (Å²) in [6.07, 6.45) is 4.93. The van der Waals surface area contributed by atoms with E-state index >= 15 is 0 Å². The molecule has 2 unspecified atom stereocenters. The fourth-order valence-electron chi connectivity index (χ4n) is 2.88. The third-order valence-corrected chi connectivity index (χ3v) is 3.93. The fraction of sp³-hybridized carbons (Fsp3) is 0.500. The Labute approximate surface area is 104 Å². The molecule has 1 aliphatic rings. The standard InChI is InChI=1S/C16H22O/c1-11(2)15-9-4-12(3)10-16(15)13-5-7-14(17)8-6-13/h5-8,10-11,15-17H,4,9H2,1-3H3. The first kappa shape index (κ1) is 12.2. The summed E-state index contributed by atoms with van der Waals surface area (Å²) in [5.41, 5.74) is 2.83. The van der Waals surface area contributed by atoms with Gasteiger partial charge in [0.15, 0.2) is 0 Å². The van der Waals surface area contributed by atoms with Gasteiger partial charge in [0.05, 0.1) is 0 Å². The summed E-state index contributed by atoms with van der Waals surface area (Å²) >= 11 is 0. The molecule has 1 aromatic carbocycles. The van der Waals surface area contributed by atoms with Gasteiger partial charge in [-0.1, -0.05) is 37.6 Å². The fourth-order valence-corrected chi connectivity index (χ4v) is 2.88. The molecular weight excluding hydrogens is 208 g/mol. The van der Waals surface area contributed by atoms with E-state index in [1.807, 2.05) is 0 Å². The van der Waals surface area contributed by atoms with Crippen molar-refractivity contribution in [3.63, 3.8) is 0 Å². The Morgan fingerprint density at radius 2 is 1.82 bits per heavy atom. The number of phenolic OH excluding ortho intramolecular Hbond substituents is 1. The Hall–Kier alpha value is -1.24. The van der Waals surface area contributed by atoms with Gasteiger partial charge >= 0.3 is 0 Å². The molecule has 0 aliphatic heterocycles. The smallest absolute Gasteiger partial charge is 0.115 e. The number of phenols is 1. The molecule has 92 valence electrons. The van der Waals surface area contributed by atoms with Gasteiger partial charge in [0.25, 0.3) is 0 Å². The number of hydrogen-bond donors (Lipinski definition) is 1. The highest BCUT2D eigenvalue weighted by atomic mass is 16.3. The maximum Gasteiger partial charge on any atom is 0.115 e. The molecule has 1 aromatic rings. The van der Waals surface area contributed by atoms with Crippen LogP contribution in [-0.2, 0) is 0 Å². The summed E-state index contributed by atoms with van der Waals surface area (Å²) in [5, 5.41) is 9.37. The van der Waals surface area contributed by atoms with Gasteiger partial charge in [-0.15, -0.1) is 0 Å². The van der Waals surface area contributed by atoms with E-state index in [0.29, 0.717) is 17.6 Å². The second-order valence-corrected chi connectivity index (χ2v) is 5.58. The van der Waals surface area contributed by atoms with Crippen LogP contribution in [-0.4, -0.2) is 5.11 Å². The Bertz CT molecular complexity index is 400. The van der Waals surface area contributed by atoms with Crippen LogP contribution in [0.25, 0.3) is 0 Å². The van der Waals surface area contributed by atoms with Crippen LogP contribution in [0.3, 0.4) is 0 Å². The second-order valence-electron chi connectivity index (χ2n) is 5.58. The SMILES string of the molecule is CC1=CC(c2ccc(O)cc2)C(C(C)C)CC1. The molecule has 2 atom stereocenters. The van der Waals surface area contributed by atoms with Crippen LogP contribution >= 0.6 is 0 Å². The monoisotopic (exact) mass is 230 g/mol. The lowest BCUT2D eigenvalue weighted by atomic mass is 9.72. The van der Waals surface area contributed by atoms with Crippen molar-refractivity contribution in [3.8, 4) is 5.75 Å². The highest BCUT2D eigenvalue weighted by Gasteiger charge is 2.27. The molecule has 0 amide bonds. The van der Waals surface area contributed by atoms with Crippen LogP contribution in [0, 0.1) is 11.8 Å². The van der Waals surface area contributed by atoms with Crippen LogP contribution in [0.2, 0.25) is 0 Å². The van der Waals surface area contributed by atoms with Crippen LogP contribution in [0.1, 0.15) is 45.1 Å². The molecule has 0 bridgehead atoms. The first-order valence-electron chi connectivity index (χ1n) is 6.54. The first-order valence-corrected chi connectivity index (χ1v) is 6.54. The zero-order valence-electron chi connectivity index (χ0n) is 11.0. The van der Waals surface area contributed by atoms with Crippen LogP contribution in [0.4, 0.5) is 0 Å². The molecular formula is C16H22O. The third-order valence-electron chi connectivity index (χ3n) is 3.93. The van der Waals surface area contributed by atoms with Crippen molar-refractivity contribution >= 4 is 0 Å². The molecule has 0 heterocycles. The minimum absolute atomic E-state index is 0.353. The molecule has 0 saturated carbocycles. The quantitative estimate of drug-likeness (QED) is 0.742. The number of hydrogen-bond acceptors (Lipinski definition) is 1. The highest BCUT2D eigenvalue weighted by molar-refractivity contribution is 5.33. The van der Waals surface area contributed by atoms with E-state index in [0.717, 1.165) is 5.92 Å². The van der Waals surface area contributed by atoms with Crippen molar-refractivity contribution in [2.75, 3.05) is 0 Å². The van der Waals surface area contributed by atoms with Gasteiger partial charge in [0.1, 0.15) is 5.75 Å². The maximum absolute atomic E-state index is 9.37. The highest BCUT2D eigenvalue weighted by Crippen LogP contribution is 2.40. The van der Waals surface area contributed by atoms with Gasteiger partial charge in [0.2, 0.25) is 0 Å². The molecule has 1 nitrogen and oxygen atoms in total. The number of allylic oxidation sites excluding steroid dienone is 2. The van der Waals surface area contributed by atoms with E-state index in [9.17, 15) is 5.11 Å². The molecule has 2 rings (SSSR count). The van der Waals surface area contributed by atoms with E-state index in [1.165, 1.54) is 24.0 Å². The summed E-state index contributed by atoms with van der Waals surface area (Å²) in [4.78, 5) is 0. The Morgan fingerprint density at radius 3 is 2.41 bits per heavy atom. The van der Waals surface area contributed by atoms with Gasteiger partial charge in [-0.25, -0.2) is 0 Å². The normalized spacial score (nSPS) is 24.8. The van der Waals surface area contributed by atoms with Crippen molar-refractivity contribution in [2.24, 2.45) is 11.8 Å². The lowest BCUT2D eigenvalue weighted by Crippen LogP contribution is -2.20. The summed E-state index contributed by atoms with van der Waals surface area (Å²) in [6, 6.07) is 7.71. The predicted octanol–water partition coefficient (Wildman–Crippen LogP) is 4.49. The van der Waals surface area contributed by atoms with Crippen molar-refractivity contribution in [1.82, 2.24) is 0 Å². The van der Waals surface area contributed by atoms with Crippen molar-refractivity contribution in [3.05, 3.63) is 41.5 Å². The molecule has 0 radical (unpaired) electrons. The Morgan fingerprint density at radius 1 is 1.18 bits per heavy atom. The second kappa shape index (κ2) is 4.95. The molecule has 1 N–H and O–H groups in total. The van der Waals surface area contributed by atoms with Crippen molar-refractivity contribution < 1.29 is 5.11 Å². The van der Waals surface area contributed by atoms with Crippen molar-refractivity contribution in [1.29, 1.82) is 0 Å². The minimum atomic E-state index is 0.353. The van der Waals surface area contributed by atoms with Crippen LogP contribution < -0.4 is 0 Å². The molecule has 0 spiro atoms. The minimum Gasteiger partial charge on any atom is -0.508 e. The van der Waals surface area contributed by atoms with E-state index in [4.69, 9.17) is 0 Å². The predicted molar refractivity (Wildman–Crippen MR) is 72.2 cm³/mol. The Balaban J connectivity index is 2.32. The molecule has 1 aliphatic carbocycles. The van der Waals surface area contributed by atoms with E-state index in [2.05, 4.69) is 39.0 Å². The zero-order valence-corrected chi connectivity index (χ0v) is 11.0. The summed E-state index contributed by atoms with van der Waals surface area (Å²) < 4.78 is 0. The number of benzene rings is 1. The van der Waals surface area contributed by atoms with Crippen molar-refractivity contribution in [2.45, 2.75) is 39.5 Å². The van der Waals surface area contributed by atoms with Crippen LogP contribution in [0.5, 0.6) is 5.75 Å². The average Bonchev–Trinajstić information content (AvgIpc) is 2.29. The lowest BCUT2D eigenvalue weighted by molar-refractivity contribution is 0.315. The topological polar surface area (TPSA) is 20.2 Å². The van der Waals surface area contributed by atoms with Gasteiger partial charge in [-0.05, 0) is 49.3 Å². The zero-order chi connectivity index (χ0) is 12.4. The maximum atomic E-state index is 9.37. The molecule has 17 heavy (non-hydrogen) atoms. The van der Waals surface area contributed by atoms with E-state index in [1.54, 1.807) is 12.1 Å². The van der Waals surface area contributed by atoms with Gasteiger partial charge in [-0.3, -0.25) is 0 Å². The van der Waals surface area contributed by atoms with Gasteiger partial charge < -0.3 is 5.11 Å². The summed E-state index contributed by atoms with van der Waals surface area (Å²) in [7, 11) is 0. The van der Waals surface area contributed by atoms with Gasteiger partial charge in [0, 0.05) is 5.92 Å². The van der Waals surface area contributed by atoms with Gasteiger partial charge in [-0.2, -0.15) is 0 Å². The molecule has 0 saturated heterocycles. The summed E-state index contributed by atoms with van der Waals surface area (Å²) in [5.74, 6) is 2.30. The first-order chi connectivity index (χ1) is 8.08. The third kappa shape index (κ3) is 2.71. The average molecular weight is 230 g/mol. The number of aromatic hydroxyl groups is 1. The van der Waals surface area contributed by atoms with E-state index < -0.39 is 0 Å². The molecule has 1 heteroatoms. The largest absolute Gasteiger partial charge is 0.508 e. The molecule has 0 fully saturated rings. The molecule has 0 aromatic heterocycles.